The molecule has 0 bridgehead atoms. The van der Waals surface area contributed by atoms with Gasteiger partial charge in [0.15, 0.2) is 0 Å². The Balaban J connectivity index is 1.27. The van der Waals surface area contributed by atoms with Gasteiger partial charge in [0, 0.05) is 16.6 Å². The molecule has 9 aromatic carbocycles. The summed E-state index contributed by atoms with van der Waals surface area (Å²) in [5, 5.41) is 9.66. The lowest BCUT2D eigenvalue weighted by Crippen LogP contribution is -2.11. The van der Waals surface area contributed by atoms with E-state index in [0.29, 0.717) is 0 Å². The number of hydrogen-bond donors (Lipinski definition) is 0. The first-order valence-electron chi connectivity index (χ1n) is 17.1. The van der Waals surface area contributed by atoms with E-state index in [0.717, 1.165) is 44.6 Å². The Labute approximate surface area is 290 Å². The van der Waals surface area contributed by atoms with Crippen LogP contribution in [0.1, 0.15) is 0 Å². The third kappa shape index (κ3) is 4.50. The number of fused-ring (bicyclic) bond motifs is 7. The molecule has 0 radical (unpaired) electrons. The molecule has 0 saturated heterocycles. The quantitative estimate of drug-likeness (QED) is 0.175. The molecule has 0 fully saturated rings. The van der Waals surface area contributed by atoms with Gasteiger partial charge in [0.1, 0.15) is 11.2 Å². The Morgan fingerprint density at radius 3 is 1.84 bits per heavy atom. The van der Waals surface area contributed by atoms with E-state index in [1.807, 2.05) is 6.07 Å². The predicted octanol–water partition coefficient (Wildman–Crippen LogP) is 13.8. The van der Waals surface area contributed by atoms with Crippen molar-refractivity contribution in [3.63, 3.8) is 0 Å². The van der Waals surface area contributed by atoms with Crippen molar-refractivity contribution >= 4 is 71.3 Å². The minimum Gasteiger partial charge on any atom is -0.456 e. The molecule has 0 unspecified atom stereocenters. The van der Waals surface area contributed by atoms with E-state index in [-0.39, 0.29) is 0 Å². The highest BCUT2D eigenvalue weighted by Crippen LogP contribution is 2.47. The summed E-state index contributed by atoms with van der Waals surface area (Å²) in [6.07, 6.45) is 0. The maximum atomic E-state index is 6.44. The first kappa shape index (κ1) is 28.4. The maximum Gasteiger partial charge on any atom is 0.137 e. The Hall–Kier alpha value is -6.64. The summed E-state index contributed by atoms with van der Waals surface area (Å²) in [6, 6.07) is 67.6. The first-order valence-corrected chi connectivity index (χ1v) is 17.1. The lowest BCUT2D eigenvalue weighted by molar-refractivity contribution is 0.669. The van der Waals surface area contributed by atoms with Crippen LogP contribution in [-0.2, 0) is 0 Å². The second-order valence-electron chi connectivity index (χ2n) is 12.9. The van der Waals surface area contributed by atoms with Crippen LogP contribution >= 0.6 is 0 Å². The molecule has 0 N–H and O–H groups in total. The normalized spacial score (nSPS) is 11.6. The van der Waals surface area contributed by atoms with Gasteiger partial charge < -0.3 is 9.32 Å². The number of nitrogens with zero attached hydrogens (tertiary/aromatic N) is 1. The third-order valence-corrected chi connectivity index (χ3v) is 10.0. The molecule has 234 valence electrons. The lowest BCUT2D eigenvalue weighted by Gasteiger charge is -2.29. The summed E-state index contributed by atoms with van der Waals surface area (Å²) in [6.45, 7) is 0. The fraction of sp³-hybridized carbons (Fsp3) is 0. The average Bonchev–Trinajstić information content (AvgIpc) is 3.57. The molecule has 10 aromatic rings. The number of furan rings is 1. The smallest absolute Gasteiger partial charge is 0.137 e. The van der Waals surface area contributed by atoms with E-state index in [9.17, 15) is 0 Å². The van der Waals surface area contributed by atoms with Crippen LogP contribution in [0, 0.1) is 0 Å². The number of hydrogen-bond acceptors (Lipinski definition) is 2. The SMILES string of the molecule is c1cc(-c2cc3ccccc3c3ccccc23)cc(N(c2ccccc2-c2cccc3ccccc23)c2cccc3oc4ccccc4c23)c1. The highest BCUT2D eigenvalue weighted by Gasteiger charge is 2.23. The highest BCUT2D eigenvalue weighted by atomic mass is 16.3. The first-order chi connectivity index (χ1) is 24.8. The molecule has 0 spiro atoms. The molecule has 1 heterocycles. The minimum atomic E-state index is 0.869. The molecule has 0 aliphatic rings. The van der Waals surface area contributed by atoms with Gasteiger partial charge in [-0.1, -0.05) is 146 Å². The van der Waals surface area contributed by atoms with Crippen LogP contribution < -0.4 is 4.90 Å². The number of rotatable bonds is 5. The van der Waals surface area contributed by atoms with Crippen molar-refractivity contribution in [2.75, 3.05) is 4.90 Å². The van der Waals surface area contributed by atoms with Crippen molar-refractivity contribution in [2.45, 2.75) is 0 Å². The monoisotopic (exact) mass is 637 g/mol. The highest BCUT2D eigenvalue weighted by molar-refractivity contribution is 6.16. The van der Waals surface area contributed by atoms with Crippen LogP contribution in [-0.4, -0.2) is 0 Å². The summed E-state index contributed by atoms with van der Waals surface area (Å²) < 4.78 is 6.44. The van der Waals surface area contributed by atoms with E-state index in [1.54, 1.807) is 0 Å². The Morgan fingerprint density at radius 1 is 0.340 bits per heavy atom. The average molecular weight is 638 g/mol. The molecular formula is C48H31NO. The molecule has 0 aliphatic heterocycles. The van der Waals surface area contributed by atoms with Crippen molar-refractivity contribution < 1.29 is 4.42 Å². The third-order valence-electron chi connectivity index (χ3n) is 10.0. The molecule has 1 aromatic heterocycles. The van der Waals surface area contributed by atoms with Gasteiger partial charge in [-0.3, -0.25) is 0 Å². The van der Waals surface area contributed by atoms with Gasteiger partial charge in [-0.15, -0.1) is 0 Å². The van der Waals surface area contributed by atoms with Crippen molar-refractivity contribution in [3.8, 4) is 22.3 Å². The van der Waals surface area contributed by atoms with Crippen molar-refractivity contribution in [2.24, 2.45) is 0 Å². The van der Waals surface area contributed by atoms with Crippen LogP contribution in [0.3, 0.4) is 0 Å². The van der Waals surface area contributed by atoms with E-state index in [2.05, 4.69) is 187 Å². The van der Waals surface area contributed by atoms with Gasteiger partial charge in [0.2, 0.25) is 0 Å². The largest absolute Gasteiger partial charge is 0.456 e. The van der Waals surface area contributed by atoms with Crippen molar-refractivity contribution in [1.29, 1.82) is 0 Å². The number of para-hydroxylation sites is 2. The second kappa shape index (κ2) is 11.5. The molecule has 2 nitrogen and oxygen atoms in total. The minimum absolute atomic E-state index is 0.869. The number of benzene rings is 9. The molecule has 50 heavy (non-hydrogen) atoms. The summed E-state index contributed by atoms with van der Waals surface area (Å²) in [5.41, 5.74) is 9.74. The zero-order valence-corrected chi connectivity index (χ0v) is 27.3. The lowest BCUT2D eigenvalue weighted by atomic mass is 9.92. The fourth-order valence-corrected chi connectivity index (χ4v) is 7.81. The summed E-state index contributed by atoms with van der Waals surface area (Å²) in [7, 11) is 0. The van der Waals surface area contributed by atoms with Crippen LogP contribution in [0.2, 0.25) is 0 Å². The van der Waals surface area contributed by atoms with E-state index in [1.165, 1.54) is 49.0 Å². The Bertz CT molecular complexity index is 2890. The zero-order valence-electron chi connectivity index (χ0n) is 27.3. The van der Waals surface area contributed by atoms with Crippen LogP contribution in [0.4, 0.5) is 17.1 Å². The van der Waals surface area contributed by atoms with E-state index < -0.39 is 0 Å². The molecule has 0 saturated carbocycles. The number of anilines is 3. The van der Waals surface area contributed by atoms with Gasteiger partial charge in [-0.25, -0.2) is 0 Å². The standard InChI is InChI=1S/C48H31NO/c1-3-19-36-32(14-1)16-12-25-39(36)41-23-7-9-26-44(41)49(45-27-13-29-47-48(45)42-24-8-10-28-46(42)50-47)35-18-11-17-33(30-35)43-31-34-15-2-4-20-37(34)38-21-5-6-22-40(38)43/h1-31H. The zero-order chi connectivity index (χ0) is 33.0. The van der Waals surface area contributed by atoms with Crippen LogP contribution in [0.5, 0.6) is 0 Å². The fourth-order valence-electron chi connectivity index (χ4n) is 7.81. The summed E-state index contributed by atoms with van der Waals surface area (Å²) in [5.74, 6) is 0. The van der Waals surface area contributed by atoms with Crippen molar-refractivity contribution in [1.82, 2.24) is 0 Å². The topological polar surface area (TPSA) is 16.4 Å². The molecular weight excluding hydrogens is 607 g/mol. The summed E-state index contributed by atoms with van der Waals surface area (Å²) >= 11 is 0. The second-order valence-corrected chi connectivity index (χ2v) is 12.9. The van der Waals surface area contributed by atoms with Crippen molar-refractivity contribution in [3.05, 3.63) is 188 Å². The molecule has 0 atom stereocenters. The molecule has 2 heteroatoms. The van der Waals surface area contributed by atoms with Gasteiger partial charge in [0.05, 0.1) is 16.8 Å². The predicted molar refractivity (Wildman–Crippen MR) is 212 cm³/mol. The van der Waals surface area contributed by atoms with Crippen LogP contribution in [0.15, 0.2) is 192 Å². The Kier molecular flexibility index (Phi) is 6.53. The molecule has 0 aliphatic carbocycles. The van der Waals surface area contributed by atoms with Crippen LogP contribution in [0.25, 0.3) is 76.5 Å². The van der Waals surface area contributed by atoms with E-state index in [4.69, 9.17) is 4.42 Å². The van der Waals surface area contributed by atoms with Gasteiger partial charge in [-0.05, 0) is 91.5 Å². The van der Waals surface area contributed by atoms with Gasteiger partial charge in [-0.2, -0.15) is 0 Å². The van der Waals surface area contributed by atoms with E-state index >= 15 is 0 Å². The molecule has 0 amide bonds. The molecule has 10 rings (SSSR count). The Morgan fingerprint density at radius 2 is 0.940 bits per heavy atom. The maximum absolute atomic E-state index is 6.44. The summed E-state index contributed by atoms with van der Waals surface area (Å²) in [4.78, 5) is 2.42. The van der Waals surface area contributed by atoms with Gasteiger partial charge >= 0.3 is 0 Å². The van der Waals surface area contributed by atoms with Gasteiger partial charge in [0.25, 0.3) is 0 Å².